The van der Waals surface area contributed by atoms with Crippen LogP contribution < -0.4 is 5.73 Å². The first kappa shape index (κ1) is 13.6. The molecule has 2 N–H and O–H groups in total. The predicted molar refractivity (Wildman–Crippen MR) is 81.4 cm³/mol. The van der Waals surface area contributed by atoms with Gasteiger partial charge in [0, 0.05) is 32.3 Å². The predicted octanol–water partition coefficient (Wildman–Crippen LogP) is 2.24. The molecular formula is C16H23N3O. The van der Waals surface area contributed by atoms with Crippen LogP contribution in [0.15, 0.2) is 18.3 Å². The SMILES string of the molecule is Cc1cc(N)cnc1C1=CCN(C2CCOCC2)CC1. The van der Waals surface area contributed by atoms with E-state index in [0.717, 1.165) is 44.1 Å². The summed E-state index contributed by atoms with van der Waals surface area (Å²) in [6.07, 6.45) is 7.51. The second-order valence-corrected chi connectivity index (χ2v) is 5.75. The summed E-state index contributed by atoms with van der Waals surface area (Å²) in [4.78, 5) is 7.09. The van der Waals surface area contributed by atoms with Gasteiger partial charge < -0.3 is 10.5 Å². The van der Waals surface area contributed by atoms with Crippen LogP contribution in [-0.2, 0) is 4.74 Å². The van der Waals surface area contributed by atoms with Gasteiger partial charge in [-0.1, -0.05) is 6.08 Å². The highest BCUT2D eigenvalue weighted by Gasteiger charge is 2.23. The summed E-state index contributed by atoms with van der Waals surface area (Å²) in [6.45, 7) is 6.07. The van der Waals surface area contributed by atoms with E-state index in [9.17, 15) is 0 Å². The van der Waals surface area contributed by atoms with Crippen LogP contribution in [0.2, 0.25) is 0 Å². The monoisotopic (exact) mass is 273 g/mol. The first-order valence-corrected chi connectivity index (χ1v) is 7.47. The van der Waals surface area contributed by atoms with Crippen molar-refractivity contribution in [2.24, 2.45) is 0 Å². The van der Waals surface area contributed by atoms with Crippen molar-refractivity contribution in [1.29, 1.82) is 0 Å². The summed E-state index contributed by atoms with van der Waals surface area (Å²) in [5.41, 5.74) is 10.2. The van der Waals surface area contributed by atoms with Crippen molar-refractivity contribution in [3.63, 3.8) is 0 Å². The van der Waals surface area contributed by atoms with Crippen LogP contribution in [0.25, 0.3) is 5.57 Å². The number of nitrogens with two attached hydrogens (primary N) is 1. The molecule has 1 aromatic rings. The van der Waals surface area contributed by atoms with E-state index < -0.39 is 0 Å². The molecule has 0 spiro atoms. The molecule has 0 saturated carbocycles. The van der Waals surface area contributed by atoms with E-state index in [4.69, 9.17) is 10.5 Å². The van der Waals surface area contributed by atoms with Gasteiger partial charge in [0.15, 0.2) is 0 Å². The van der Waals surface area contributed by atoms with Gasteiger partial charge in [0.2, 0.25) is 0 Å². The van der Waals surface area contributed by atoms with Crippen LogP contribution in [0.5, 0.6) is 0 Å². The number of ether oxygens (including phenoxy) is 1. The van der Waals surface area contributed by atoms with Crippen LogP contribution in [0.3, 0.4) is 0 Å². The Balaban J connectivity index is 1.70. The quantitative estimate of drug-likeness (QED) is 0.898. The van der Waals surface area contributed by atoms with Gasteiger partial charge in [0.1, 0.15) is 0 Å². The molecule has 0 amide bonds. The Labute approximate surface area is 120 Å². The molecule has 0 radical (unpaired) electrons. The highest BCUT2D eigenvalue weighted by atomic mass is 16.5. The van der Waals surface area contributed by atoms with Crippen molar-refractivity contribution in [2.45, 2.75) is 32.2 Å². The molecule has 3 heterocycles. The molecule has 0 atom stereocenters. The largest absolute Gasteiger partial charge is 0.397 e. The minimum Gasteiger partial charge on any atom is -0.397 e. The first-order chi connectivity index (χ1) is 9.74. The van der Waals surface area contributed by atoms with Crippen LogP contribution in [0.1, 0.15) is 30.5 Å². The van der Waals surface area contributed by atoms with Crippen LogP contribution in [0.4, 0.5) is 5.69 Å². The molecule has 4 heteroatoms. The van der Waals surface area contributed by atoms with Crippen molar-refractivity contribution in [2.75, 3.05) is 32.0 Å². The lowest BCUT2D eigenvalue weighted by Crippen LogP contribution is -2.41. The highest BCUT2D eigenvalue weighted by Crippen LogP contribution is 2.26. The number of rotatable bonds is 2. The lowest BCUT2D eigenvalue weighted by Gasteiger charge is -2.36. The molecule has 4 nitrogen and oxygen atoms in total. The molecule has 1 aromatic heterocycles. The number of anilines is 1. The Morgan fingerprint density at radius 3 is 2.80 bits per heavy atom. The lowest BCUT2D eigenvalue weighted by molar-refractivity contribution is 0.0378. The zero-order valence-electron chi connectivity index (χ0n) is 12.1. The summed E-state index contributed by atoms with van der Waals surface area (Å²) in [6, 6.07) is 2.70. The van der Waals surface area contributed by atoms with Gasteiger partial charge in [-0.3, -0.25) is 9.88 Å². The summed E-state index contributed by atoms with van der Waals surface area (Å²) < 4.78 is 5.44. The van der Waals surface area contributed by atoms with E-state index in [1.54, 1.807) is 6.20 Å². The topological polar surface area (TPSA) is 51.4 Å². The van der Waals surface area contributed by atoms with Gasteiger partial charge in [-0.05, 0) is 43.4 Å². The smallest absolute Gasteiger partial charge is 0.0690 e. The van der Waals surface area contributed by atoms with E-state index in [2.05, 4.69) is 22.9 Å². The molecule has 1 fully saturated rings. The fourth-order valence-electron chi connectivity index (χ4n) is 3.21. The van der Waals surface area contributed by atoms with E-state index in [0.29, 0.717) is 6.04 Å². The van der Waals surface area contributed by atoms with Crippen LogP contribution in [0, 0.1) is 6.92 Å². The number of aryl methyl sites for hydroxylation is 1. The van der Waals surface area contributed by atoms with Crippen molar-refractivity contribution in [3.8, 4) is 0 Å². The zero-order valence-corrected chi connectivity index (χ0v) is 12.1. The number of pyridine rings is 1. The molecule has 0 aromatic carbocycles. The number of aromatic nitrogens is 1. The third kappa shape index (κ3) is 2.86. The maximum atomic E-state index is 5.77. The minimum absolute atomic E-state index is 0.696. The van der Waals surface area contributed by atoms with Gasteiger partial charge in [0.25, 0.3) is 0 Å². The fraction of sp³-hybridized carbons (Fsp3) is 0.562. The fourth-order valence-corrected chi connectivity index (χ4v) is 3.21. The third-order valence-electron chi connectivity index (χ3n) is 4.35. The lowest BCUT2D eigenvalue weighted by atomic mass is 9.98. The molecule has 0 unspecified atom stereocenters. The Morgan fingerprint density at radius 2 is 2.15 bits per heavy atom. The van der Waals surface area contributed by atoms with E-state index in [-0.39, 0.29) is 0 Å². The number of nitrogen functional groups attached to an aromatic ring is 1. The van der Waals surface area contributed by atoms with Gasteiger partial charge >= 0.3 is 0 Å². The molecule has 0 bridgehead atoms. The molecule has 20 heavy (non-hydrogen) atoms. The summed E-state index contributed by atoms with van der Waals surface area (Å²) in [7, 11) is 0. The van der Waals surface area contributed by atoms with E-state index in [1.807, 2.05) is 6.07 Å². The van der Waals surface area contributed by atoms with Crippen molar-refractivity contribution in [3.05, 3.63) is 29.6 Å². The number of hydrogen-bond donors (Lipinski definition) is 1. The highest BCUT2D eigenvalue weighted by molar-refractivity contribution is 5.67. The van der Waals surface area contributed by atoms with E-state index in [1.165, 1.54) is 24.0 Å². The summed E-state index contributed by atoms with van der Waals surface area (Å²) >= 11 is 0. The number of hydrogen-bond acceptors (Lipinski definition) is 4. The maximum Gasteiger partial charge on any atom is 0.0690 e. The summed E-state index contributed by atoms with van der Waals surface area (Å²) in [5, 5.41) is 0. The van der Waals surface area contributed by atoms with Crippen LogP contribution in [-0.4, -0.2) is 42.2 Å². The Hall–Kier alpha value is -1.39. The average molecular weight is 273 g/mol. The average Bonchev–Trinajstić information content (AvgIpc) is 2.48. The van der Waals surface area contributed by atoms with Crippen molar-refractivity contribution < 1.29 is 4.74 Å². The Bertz CT molecular complexity index is 506. The van der Waals surface area contributed by atoms with Gasteiger partial charge in [-0.2, -0.15) is 0 Å². The Kier molecular flexibility index (Phi) is 4.03. The molecule has 108 valence electrons. The minimum atomic E-state index is 0.696. The summed E-state index contributed by atoms with van der Waals surface area (Å²) in [5.74, 6) is 0. The van der Waals surface area contributed by atoms with Gasteiger partial charge in [-0.15, -0.1) is 0 Å². The van der Waals surface area contributed by atoms with E-state index >= 15 is 0 Å². The van der Waals surface area contributed by atoms with Crippen molar-refractivity contribution in [1.82, 2.24) is 9.88 Å². The molecule has 1 saturated heterocycles. The third-order valence-corrected chi connectivity index (χ3v) is 4.35. The molecular weight excluding hydrogens is 250 g/mol. The standard InChI is InChI=1S/C16H23N3O/c1-12-10-14(17)11-18-16(12)13-2-6-19(7-3-13)15-4-8-20-9-5-15/h2,10-11,15H,3-9,17H2,1H3. The molecule has 3 rings (SSSR count). The molecule has 2 aliphatic heterocycles. The second kappa shape index (κ2) is 5.94. The molecule has 2 aliphatic rings. The van der Waals surface area contributed by atoms with Gasteiger partial charge in [-0.25, -0.2) is 0 Å². The molecule has 0 aliphatic carbocycles. The van der Waals surface area contributed by atoms with Crippen molar-refractivity contribution >= 4 is 11.3 Å². The second-order valence-electron chi connectivity index (χ2n) is 5.75. The first-order valence-electron chi connectivity index (χ1n) is 7.47. The number of nitrogens with zero attached hydrogens (tertiary/aromatic N) is 2. The Morgan fingerprint density at radius 1 is 1.35 bits per heavy atom. The van der Waals surface area contributed by atoms with Gasteiger partial charge in [0.05, 0.1) is 17.6 Å². The zero-order chi connectivity index (χ0) is 13.9. The van der Waals surface area contributed by atoms with Crippen LogP contribution >= 0.6 is 0 Å². The normalized spacial score (nSPS) is 21.8. The maximum absolute atomic E-state index is 5.77.